The molecule has 2 unspecified atom stereocenters. The van der Waals surface area contributed by atoms with Crippen LogP contribution in [-0.4, -0.2) is 23.1 Å². The van der Waals surface area contributed by atoms with Crippen LogP contribution in [0.2, 0.25) is 0 Å². The molecule has 0 saturated carbocycles. The molecule has 20 heavy (non-hydrogen) atoms. The molecule has 1 saturated heterocycles. The normalized spacial score (nSPS) is 23.9. The van der Waals surface area contributed by atoms with Crippen molar-refractivity contribution in [2.75, 3.05) is 11.4 Å². The first-order valence-electron chi connectivity index (χ1n) is 7.81. The van der Waals surface area contributed by atoms with Crippen molar-refractivity contribution in [1.29, 1.82) is 0 Å². The summed E-state index contributed by atoms with van der Waals surface area (Å²) in [6.07, 6.45) is 6.50. The molecule has 1 aromatic heterocycles. The number of rotatable bonds is 3. The Kier molecular flexibility index (Phi) is 4.69. The fourth-order valence-corrected chi connectivity index (χ4v) is 2.95. The third kappa shape index (κ3) is 3.95. The molecular formula is C17H29N3. The van der Waals surface area contributed by atoms with E-state index in [2.05, 4.69) is 55.9 Å². The SMILES string of the molecule is CC1CCN(c2cnccc2CNC(C)(C)C)C(C)C1. The van der Waals surface area contributed by atoms with Crippen molar-refractivity contribution in [3.63, 3.8) is 0 Å². The van der Waals surface area contributed by atoms with Crippen molar-refractivity contribution in [2.24, 2.45) is 5.92 Å². The molecule has 0 spiro atoms. The molecule has 0 radical (unpaired) electrons. The van der Waals surface area contributed by atoms with Crippen molar-refractivity contribution in [2.45, 2.75) is 65.6 Å². The van der Waals surface area contributed by atoms with E-state index in [9.17, 15) is 0 Å². The third-order valence-corrected chi connectivity index (χ3v) is 4.14. The van der Waals surface area contributed by atoms with E-state index in [0.717, 1.165) is 19.0 Å². The highest BCUT2D eigenvalue weighted by atomic mass is 15.2. The number of hydrogen-bond donors (Lipinski definition) is 1. The van der Waals surface area contributed by atoms with Crippen molar-refractivity contribution in [3.8, 4) is 0 Å². The molecule has 112 valence electrons. The Morgan fingerprint density at radius 1 is 1.35 bits per heavy atom. The lowest BCUT2D eigenvalue weighted by Gasteiger charge is -2.39. The molecule has 0 bridgehead atoms. The minimum atomic E-state index is 0.141. The summed E-state index contributed by atoms with van der Waals surface area (Å²) >= 11 is 0. The first-order valence-corrected chi connectivity index (χ1v) is 7.81. The molecular weight excluding hydrogens is 246 g/mol. The Labute approximate surface area is 123 Å². The van der Waals surface area contributed by atoms with Crippen LogP contribution in [-0.2, 0) is 6.54 Å². The number of nitrogens with one attached hydrogen (secondary N) is 1. The van der Waals surface area contributed by atoms with Crippen LogP contribution in [0.15, 0.2) is 18.5 Å². The molecule has 2 atom stereocenters. The van der Waals surface area contributed by atoms with E-state index in [4.69, 9.17) is 0 Å². The zero-order chi connectivity index (χ0) is 14.8. The van der Waals surface area contributed by atoms with Gasteiger partial charge in [-0.3, -0.25) is 4.98 Å². The van der Waals surface area contributed by atoms with Crippen LogP contribution < -0.4 is 10.2 Å². The second-order valence-corrected chi connectivity index (χ2v) is 7.28. The number of anilines is 1. The molecule has 1 aliphatic rings. The van der Waals surface area contributed by atoms with Crippen molar-refractivity contribution in [3.05, 3.63) is 24.0 Å². The van der Waals surface area contributed by atoms with Crippen LogP contribution in [0.5, 0.6) is 0 Å². The summed E-state index contributed by atoms with van der Waals surface area (Å²) in [5, 5.41) is 3.59. The van der Waals surface area contributed by atoms with Crippen LogP contribution in [0, 0.1) is 5.92 Å². The lowest BCUT2D eigenvalue weighted by atomic mass is 9.92. The van der Waals surface area contributed by atoms with Gasteiger partial charge in [0.05, 0.1) is 11.9 Å². The molecule has 0 amide bonds. The predicted molar refractivity (Wildman–Crippen MR) is 86.0 cm³/mol. The molecule has 3 nitrogen and oxygen atoms in total. The number of piperidine rings is 1. The summed E-state index contributed by atoms with van der Waals surface area (Å²) in [5.74, 6) is 0.842. The van der Waals surface area contributed by atoms with E-state index >= 15 is 0 Å². The molecule has 2 rings (SSSR count). The summed E-state index contributed by atoms with van der Waals surface area (Å²) in [4.78, 5) is 6.88. The average Bonchev–Trinajstić information content (AvgIpc) is 2.36. The van der Waals surface area contributed by atoms with E-state index in [1.165, 1.54) is 24.1 Å². The monoisotopic (exact) mass is 275 g/mol. The van der Waals surface area contributed by atoms with Crippen LogP contribution >= 0.6 is 0 Å². The third-order valence-electron chi connectivity index (χ3n) is 4.14. The number of aromatic nitrogens is 1. The Morgan fingerprint density at radius 3 is 2.75 bits per heavy atom. The largest absolute Gasteiger partial charge is 0.367 e. The Hall–Kier alpha value is -1.09. The molecule has 0 aromatic carbocycles. The molecule has 1 N–H and O–H groups in total. The second-order valence-electron chi connectivity index (χ2n) is 7.28. The van der Waals surface area contributed by atoms with Crippen LogP contribution in [0.25, 0.3) is 0 Å². The molecule has 0 aliphatic carbocycles. The van der Waals surface area contributed by atoms with Gasteiger partial charge in [-0.1, -0.05) is 6.92 Å². The van der Waals surface area contributed by atoms with Gasteiger partial charge in [-0.2, -0.15) is 0 Å². The number of nitrogens with zero attached hydrogens (tertiary/aromatic N) is 2. The molecule has 1 aromatic rings. The maximum Gasteiger partial charge on any atom is 0.0600 e. The smallest absolute Gasteiger partial charge is 0.0600 e. The first-order chi connectivity index (χ1) is 9.37. The van der Waals surface area contributed by atoms with E-state index in [0.29, 0.717) is 6.04 Å². The molecule has 3 heteroatoms. The molecule has 1 aliphatic heterocycles. The highest BCUT2D eigenvalue weighted by Gasteiger charge is 2.24. The zero-order valence-electron chi connectivity index (χ0n) is 13.6. The van der Waals surface area contributed by atoms with Gasteiger partial charge < -0.3 is 10.2 Å². The van der Waals surface area contributed by atoms with Gasteiger partial charge in [0, 0.05) is 30.9 Å². The van der Waals surface area contributed by atoms with Crippen molar-refractivity contribution < 1.29 is 0 Å². The van der Waals surface area contributed by atoms with Gasteiger partial charge in [-0.25, -0.2) is 0 Å². The highest BCUT2D eigenvalue weighted by molar-refractivity contribution is 5.52. The van der Waals surface area contributed by atoms with Gasteiger partial charge in [0.15, 0.2) is 0 Å². The topological polar surface area (TPSA) is 28.2 Å². The van der Waals surface area contributed by atoms with Crippen molar-refractivity contribution in [1.82, 2.24) is 10.3 Å². The second kappa shape index (κ2) is 6.13. The Morgan fingerprint density at radius 2 is 2.10 bits per heavy atom. The van der Waals surface area contributed by atoms with Crippen LogP contribution in [0.4, 0.5) is 5.69 Å². The highest BCUT2D eigenvalue weighted by Crippen LogP contribution is 2.29. The quantitative estimate of drug-likeness (QED) is 0.913. The Balaban J connectivity index is 2.15. The van der Waals surface area contributed by atoms with Gasteiger partial charge in [0.1, 0.15) is 0 Å². The fourth-order valence-electron chi connectivity index (χ4n) is 2.95. The Bertz CT molecular complexity index is 436. The summed E-state index contributed by atoms with van der Waals surface area (Å²) in [6.45, 7) is 13.4. The van der Waals surface area contributed by atoms with Gasteiger partial charge in [-0.05, 0) is 58.1 Å². The minimum absolute atomic E-state index is 0.141. The predicted octanol–water partition coefficient (Wildman–Crippen LogP) is 3.59. The fraction of sp³-hybridized carbons (Fsp3) is 0.706. The minimum Gasteiger partial charge on any atom is -0.367 e. The molecule has 2 heterocycles. The summed E-state index contributed by atoms with van der Waals surface area (Å²) < 4.78 is 0. The zero-order valence-corrected chi connectivity index (χ0v) is 13.6. The maximum atomic E-state index is 4.35. The average molecular weight is 275 g/mol. The number of pyridine rings is 1. The first kappa shape index (κ1) is 15.3. The van der Waals surface area contributed by atoms with Gasteiger partial charge >= 0.3 is 0 Å². The lowest BCUT2D eigenvalue weighted by molar-refractivity contribution is 0.376. The summed E-state index contributed by atoms with van der Waals surface area (Å²) in [5.41, 5.74) is 2.81. The molecule has 1 fully saturated rings. The lowest BCUT2D eigenvalue weighted by Crippen LogP contribution is -2.41. The van der Waals surface area contributed by atoms with Crippen LogP contribution in [0.3, 0.4) is 0 Å². The van der Waals surface area contributed by atoms with Crippen molar-refractivity contribution >= 4 is 5.69 Å². The van der Waals surface area contributed by atoms with Gasteiger partial charge in [-0.15, -0.1) is 0 Å². The summed E-state index contributed by atoms with van der Waals surface area (Å²) in [6, 6.07) is 2.76. The van der Waals surface area contributed by atoms with E-state index in [-0.39, 0.29) is 5.54 Å². The number of hydrogen-bond acceptors (Lipinski definition) is 3. The van der Waals surface area contributed by atoms with E-state index in [1.54, 1.807) is 0 Å². The van der Waals surface area contributed by atoms with Gasteiger partial charge in [0.25, 0.3) is 0 Å². The maximum absolute atomic E-state index is 4.35. The van der Waals surface area contributed by atoms with Crippen LogP contribution in [0.1, 0.15) is 53.0 Å². The van der Waals surface area contributed by atoms with Gasteiger partial charge in [0.2, 0.25) is 0 Å². The van der Waals surface area contributed by atoms with E-state index in [1.807, 2.05) is 12.4 Å². The standard InChI is InChI=1S/C17H29N3/c1-13-7-9-20(14(2)10-13)16-12-18-8-6-15(16)11-19-17(3,4)5/h6,8,12-14,19H,7,9-11H2,1-5H3. The van der Waals surface area contributed by atoms with E-state index < -0.39 is 0 Å². The summed E-state index contributed by atoms with van der Waals surface area (Å²) in [7, 11) is 0.